The van der Waals surface area contributed by atoms with Crippen molar-refractivity contribution in [2.75, 3.05) is 13.2 Å². The monoisotopic (exact) mass is 182 g/mol. The van der Waals surface area contributed by atoms with Crippen molar-refractivity contribution in [1.29, 1.82) is 0 Å². The molecule has 0 radical (unpaired) electrons. The van der Waals surface area contributed by atoms with Gasteiger partial charge in [0.2, 0.25) is 0 Å². The van der Waals surface area contributed by atoms with Crippen molar-refractivity contribution < 1.29 is 14.6 Å². The second-order valence-electron chi connectivity index (χ2n) is 3.78. The zero-order valence-corrected chi connectivity index (χ0v) is 7.48. The lowest BCUT2D eigenvalue weighted by molar-refractivity contribution is -0.150. The van der Waals surface area contributed by atoms with E-state index in [2.05, 4.69) is 12.2 Å². The molecule has 1 saturated carbocycles. The van der Waals surface area contributed by atoms with Gasteiger partial charge >= 0.3 is 5.97 Å². The average Bonchev–Trinajstić information content (AvgIpc) is 2.74. The van der Waals surface area contributed by atoms with E-state index in [0.29, 0.717) is 11.8 Å². The first kappa shape index (κ1) is 8.75. The van der Waals surface area contributed by atoms with Gasteiger partial charge in [0, 0.05) is 0 Å². The predicted octanol–water partition coefficient (Wildman–Crippen LogP) is 0.734. The third-order valence-corrected chi connectivity index (χ3v) is 2.92. The molecule has 0 unspecified atom stereocenters. The number of hydrogen-bond donors (Lipinski definition) is 1. The van der Waals surface area contributed by atoms with Gasteiger partial charge < -0.3 is 9.84 Å². The summed E-state index contributed by atoms with van der Waals surface area (Å²) in [6.07, 6.45) is 6.36. The molecule has 0 heterocycles. The van der Waals surface area contributed by atoms with Gasteiger partial charge in [-0.25, -0.2) is 0 Å². The maximum absolute atomic E-state index is 11.4. The molecule has 0 aromatic carbocycles. The van der Waals surface area contributed by atoms with Gasteiger partial charge in [0.25, 0.3) is 0 Å². The van der Waals surface area contributed by atoms with Crippen molar-refractivity contribution >= 4 is 5.97 Å². The van der Waals surface area contributed by atoms with E-state index in [9.17, 15) is 4.79 Å². The molecule has 0 amide bonds. The van der Waals surface area contributed by atoms with Crippen LogP contribution in [0, 0.1) is 17.8 Å². The Morgan fingerprint density at radius 3 is 2.85 bits per heavy atom. The Labute approximate surface area is 77.4 Å². The standard InChI is InChI=1S/C10H14O3/c11-3-4-13-10(12)9-6-7-1-2-8(9)5-7/h1-2,7-9,11H,3-6H2/t7-,8+,9-/m1/s1. The topological polar surface area (TPSA) is 46.5 Å². The zero-order valence-electron chi connectivity index (χ0n) is 7.48. The summed E-state index contributed by atoms with van der Waals surface area (Å²) in [5, 5.41) is 8.50. The van der Waals surface area contributed by atoms with Crippen molar-refractivity contribution in [1.82, 2.24) is 0 Å². The van der Waals surface area contributed by atoms with Gasteiger partial charge in [-0.15, -0.1) is 0 Å². The number of fused-ring (bicyclic) bond motifs is 2. The second-order valence-corrected chi connectivity index (χ2v) is 3.78. The first-order chi connectivity index (χ1) is 6.31. The molecule has 72 valence electrons. The van der Waals surface area contributed by atoms with Gasteiger partial charge in [-0.3, -0.25) is 4.79 Å². The van der Waals surface area contributed by atoms with Gasteiger partial charge in [-0.2, -0.15) is 0 Å². The molecule has 0 aromatic rings. The molecular formula is C10H14O3. The van der Waals surface area contributed by atoms with Crippen LogP contribution in [0.1, 0.15) is 12.8 Å². The number of allylic oxidation sites excluding steroid dienone is 2. The summed E-state index contributed by atoms with van der Waals surface area (Å²) in [5.41, 5.74) is 0. The highest BCUT2D eigenvalue weighted by molar-refractivity contribution is 5.74. The number of aliphatic hydroxyl groups excluding tert-OH is 1. The summed E-state index contributed by atoms with van der Waals surface area (Å²) < 4.78 is 4.90. The number of hydrogen-bond acceptors (Lipinski definition) is 3. The molecule has 2 rings (SSSR count). The molecule has 3 nitrogen and oxygen atoms in total. The number of carbonyl (C=O) groups is 1. The minimum absolute atomic E-state index is 0.0570. The molecule has 3 heteroatoms. The summed E-state index contributed by atoms with van der Waals surface area (Å²) in [5.74, 6) is 0.917. The highest BCUT2D eigenvalue weighted by Gasteiger charge is 2.40. The third-order valence-electron chi connectivity index (χ3n) is 2.92. The van der Waals surface area contributed by atoms with Gasteiger partial charge in [0.15, 0.2) is 0 Å². The quantitative estimate of drug-likeness (QED) is 0.517. The highest BCUT2D eigenvalue weighted by Crippen LogP contribution is 2.43. The van der Waals surface area contributed by atoms with Crippen LogP contribution in [0.4, 0.5) is 0 Å². The Morgan fingerprint density at radius 1 is 1.46 bits per heavy atom. The van der Waals surface area contributed by atoms with E-state index in [-0.39, 0.29) is 25.1 Å². The molecule has 0 saturated heterocycles. The van der Waals surface area contributed by atoms with Crippen LogP contribution in [0.2, 0.25) is 0 Å². The number of ether oxygens (including phenoxy) is 1. The van der Waals surface area contributed by atoms with Crippen LogP contribution in [-0.4, -0.2) is 24.3 Å². The van der Waals surface area contributed by atoms with E-state index >= 15 is 0 Å². The average molecular weight is 182 g/mol. The molecule has 0 spiro atoms. The summed E-state index contributed by atoms with van der Waals surface area (Å²) in [6.45, 7) is 0.0544. The number of carbonyl (C=O) groups excluding carboxylic acids is 1. The summed E-state index contributed by atoms with van der Waals surface area (Å²) in [4.78, 5) is 11.4. The fourth-order valence-electron chi connectivity index (χ4n) is 2.31. The number of esters is 1. The van der Waals surface area contributed by atoms with Crippen molar-refractivity contribution in [3.63, 3.8) is 0 Å². The fraction of sp³-hybridized carbons (Fsp3) is 0.700. The lowest BCUT2D eigenvalue weighted by Crippen LogP contribution is -2.22. The summed E-state index contributed by atoms with van der Waals surface area (Å²) in [7, 11) is 0. The minimum atomic E-state index is -0.133. The Hall–Kier alpha value is -0.830. The molecule has 13 heavy (non-hydrogen) atoms. The predicted molar refractivity (Wildman–Crippen MR) is 46.9 cm³/mol. The first-order valence-electron chi connectivity index (χ1n) is 4.77. The van der Waals surface area contributed by atoms with Crippen LogP contribution in [0.5, 0.6) is 0 Å². The maximum Gasteiger partial charge on any atom is 0.309 e. The number of aliphatic hydroxyl groups is 1. The summed E-state index contributed by atoms with van der Waals surface area (Å²) >= 11 is 0. The molecule has 2 aliphatic carbocycles. The molecule has 2 aliphatic rings. The smallest absolute Gasteiger partial charge is 0.309 e. The molecule has 1 fully saturated rings. The molecule has 2 bridgehead atoms. The van der Waals surface area contributed by atoms with E-state index in [1.165, 1.54) is 0 Å². The van der Waals surface area contributed by atoms with Crippen LogP contribution in [0.3, 0.4) is 0 Å². The van der Waals surface area contributed by atoms with Crippen molar-refractivity contribution in [3.05, 3.63) is 12.2 Å². The highest BCUT2D eigenvalue weighted by atomic mass is 16.5. The second kappa shape index (κ2) is 3.50. The van der Waals surface area contributed by atoms with Gasteiger partial charge in [-0.1, -0.05) is 12.2 Å². The third kappa shape index (κ3) is 1.61. The molecular weight excluding hydrogens is 168 g/mol. The van der Waals surface area contributed by atoms with Gasteiger partial charge in [0.05, 0.1) is 12.5 Å². The first-order valence-corrected chi connectivity index (χ1v) is 4.77. The Kier molecular flexibility index (Phi) is 2.36. The van der Waals surface area contributed by atoms with Gasteiger partial charge in [-0.05, 0) is 24.7 Å². The number of rotatable bonds is 3. The van der Waals surface area contributed by atoms with Gasteiger partial charge in [0.1, 0.15) is 6.61 Å². The molecule has 0 aromatic heterocycles. The maximum atomic E-state index is 11.4. The van der Waals surface area contributed by atoms with Crippen molar-refractivity contribution in [2.24, 2.45) is 17.8 Å². The SMILES string of the molecule is O=C(OCCO)[C@@H]1C[C@@H]2C=C[C@H]1C2. The Bertz CT molecular complexity index is 234. The van der Waals surface area contributed by atoms with Crippen LogP contribution >= 0.6 is 0 Å². The van der Waals surface area contributed by atoms with E-state index in [1.54, 1.807) is 0 Å². The molecule has 0 aliphatic heterocycles. The summed E-state index contributed by atoms with van der Waals surface area (Å²) in [6, 6.07) is 0. The van der Waals surface area contributed by atoms with Crippen LogP contribution in [0.15, 0.2) is 12.2 Å². The lowest BCUT2D eigenvalue weighted by Gasteiger charge is -2.15. The van der Waals surface area contributed by atoms with Crippen molar-refractivity contribution in [3.8, 4) is 0 Å². The Balaban J connectivity index is 1.88. The van der Waals surface area contributed by atoms with Crippen LogP contribution < -0.4 is 0 Å². The van der Waals surface area contributed by atoms with E-state index in [4.69, 9.17) is 9.84 Å². The van der Waals surface area contributed by atoms with E-state index < -0.39 is 0 Å². The van der Waals surface area contributed by atoms with Crippen LogP contribution in [0.25, 0.3) is 0 Å². The minimum Gasteiger partial charge on any atom is -0.463 e. The largest absolute Gasteiger partial charge is 0.463 e. The normalized spacial score (nSPS) is 35.3. The molecule has 3 atom stereocenters. The lowest BCUT2D eigenvalue weighted by atomic mass is 9.94. The van der Waals surface area contributed by atoms with Crippen molar-refractivity contribution in [2.45, 2.75) is 12.8 Å². The van der Waals surface area contributed by atoms with Crippen LogP contribution in [-0.2, 0) is 9.53 Å². The van der Waals surface area contributed by atoms with E-state index in [1.807, 2.05) is 0 Å². The fourth-order valence-corrected chi connectivity index (χ4v) is 2.31. The Morgan fingerprint density at radius 2 is 2.31 bits per heavy atom. The van der Waals surface area contributed by atoms with E-state index in [0.717, 1.165) is 12.8 Å². The molecule has 1 N–H and O–H groups in total. The zero-order chi connectivity index (χ0) is 9.26.